The van der Waals surface area contributed by atoms with Crippen molar-refractivity contribution in [1.82, 2.24) is 24.0 Å². The molecule has 0 saturated carbocycles. The maximum atomic E-state index is 14.0. The molecule has 1 atom stereocenters. The molecule has 40 heavy (non-hydrogen) atoms. The normalized spacial score (nSPS) is 16.1. The Kier molecular flexibility index (Phi) is 7.11. The Morgan fingerprint density at radius 1 is 1.12 bits per heavy atom. The largest absolute Gasteiger partial charge is 0.457 e. The van der Waals surface area contributed by atoms with E-state index in [0.717, 1.165) is 0 Å². The first kappa shape index (κ1) is 26.6. The molecule has 1 fully saturated rings. The van der Waals surface area contributed by atoms with Crippen LogP contribution in [0.25, 0.3) is 16.9 Å². The molecule has 1 amide bonds. The number of ether oxygens (including phenoxy) is 1. The first-order valence-electron chi connectivity index (χ1n) is 12.9. The van der Waals surface area contributed by atoms with Gasteiger partial charge in [-0.2, -0.15) is 5.26 Å². The van der Waals surface area contributed by atoms with Crippen molar-refractivity contribution < 1.29 is 9.53 Å². The van der Waals surface area contributed by atoms with Crippen LogP contribution >= 0.6 is 0 Å². The Labute approximate surface area is 230 Å². The van der Waals surface area contributed by atoms with Crippen LogP contribution in [0.4, 0.5) is 5.82 Å². The molecule has 1 saturated heterocycles. The number of carbonyl (C=O) groups excluding carboxylic acids is 1. The number of carbonyl (C=O) groups is 1. The molecule has 11 heteroatoms. The molecule has 1 aliphatic rings. The molecule has 2 aromatic heterocycles. The number of anilines is 1. The van der Waals surface area contributed by atoms with Crippen LogP contribution in [0, 0.1) is 11.3 Å². The van der Waals surface area contributed by atoms with Gasteiger partial charge in [0.25, 0.3) is 5.91 Å². The second kappa shape index (κ2) is 10.7. The number of benzene rings is 2. The van der Waals surface area contributed by atoms with Gasteiger partial charge in [0.2, 0.25) is 0 Å². The number of nitrogen functional groups attached to an aromatic ring is 1. The number of amides is 1. The van der Waals surface area contributed by atoms with E-state index in [-0.39, 0.29) is 29.7 Å². The number of piperidine rings is 1. The summed E-state index contributed by atoms with van der Waals surface area (Å²) in [5.41, 5.74) is 12.4. The van der Waals surface area contributed by atoms with Crippen molar-refractivity contribution in [2.45, 2.75) is 38.3 Å². The van der Waals surface area contributed by atoms with Gasteiger partial charge in [-0.1, -0.05) is 18.2 Å². The lowest BCUT2D eigenvalue weighted by molar-refractivity contribution is -0.128. The van der Waals surface area contributed by atoms with Gasteiger partial charge in [-0.25, -0.2) is 14.8 Å². The highest BCUT2D eigenvalue weighted by Gasteiger charge is 2.31. The van der Waals surface area contributed by atoms with Crippen LogP contribution in [0.15, 0.2) is 77.4 Å². The van der Waals surface area contributed by atoms with E-state index in [1.165, 1.54) is 17.0 Å². The average Bonchev–Trinajstić information content (AvgIpc) is 3.25. The fourth-order valence-corrected chi connectivity index (χ4v) is 4.96. The van der Waals surface area contributed by atoms with Gasteiger partial charge in [0.1, 0.15) is 35.0 Å². The summed E-state index contributed by atoms with van der Waals surface area (Å²) in [6.45, 7) is 4.13. The summed E-state index contributed by atoms with van der Waals surface area (Å²) >= 11 is 0. The van der Waals surface area contributed by atoms with E-state index in [9.17, 15) is 14.9 Å². The van der Waals surface area contributed by atoms with Crippen molar-refractivity contribution in [2.24, 2.45) is 5.73 Å². The van der Waals surface area contributed by atoms with Crippen molar-refractivity contribution in [2.75, 3.05) is 18.8 Å². The molecule has 2 aromatic carbocycles. The predicted octanol–water partition coefficient (Wildman–Crippen LogP) is 3.31. The SMILES string of the molecule is CC(C)(N)C=C(C#N)C(=O)N1CCC[C@H](n2c(=O)n(-c3ccc(Oc4ccccc4)cc3)c3c(N)ncnc32)C1. The molecule has 4 N–H and O–H groups in total. The van der Waals surface area contributed by atoms with E-state index in [0.29, 0.717) is 47.7 Å². The minimum absolute atomic E-state index is 0.0210. The van der Waals surface area contributed by atoms with Gasteiger partial charge < -0.3 is 21.1 Å². The van der Waals surface area contributed by atoms with Crippen LogP contribution < -0.4 is 21.9 Å². The number of para-hydroxylation sites is 1. The van der Waals surface area contributed by atoms with E-state index in [1.54, 1.807) is 47.6 Å². The minimum atomic E-state index is -0.823. The van der Waals surface area contributed by atoms with Crippen LogP contribution in [0.5, 0.6) is 11.5 Å². The first-order valence-corrected chi connectivity index (χ1v) is 12.9. The van der Waals surface area contributed by atoms with Crippen LogP contribution in [-0.2, 0) is 4.79 Å². The van der Waals surface area contributed by atoms with E-state index in [4.69, 9.17) is 16.2 Å². The molecule has 0 bridgehead atoms. The second-order valence-electron chi connectivity index (χ2n) is 10.4. The third-order valence-corrected chi connectivity index (χ3v) is 6.67. The standard InChI is InChI=1S/C29H30N8O3/c1-29(2,32)15-19(16-30)27(38)35-14-6-7-21(17-35)37-26-24(25(31)33-18-34-26)36(28(37)39)20-10-12-23(13-11-20)40-22-8-4-3-5-9-22/h3-5,8-13,15,18,21H,6-7,14,17,32H2,1-2H3,(H2,31,33,34)/t21-/m0/s1. The topological polar surface area (TPSA) is 158 Å². The lowest BCUT2D eigenvalue weighted by atomic mass is 10.0. The van der Waals surface area contributed by atoms with Gasteiger partial charge in [-0.3, -0.25) is 13.9 Å². The number of aromatic nitrogens is 4. The molecular weight excluding hydrogens is 508 g/mol. The highest BCUT2D eigenvalue weighted by Crippen LogP contribution is 2.29. The summed E-state index contributed by atoms with van der Waals surface area (Å²) in [7, 11) is 0. The number of fused-ring (bicyclic) bond motifs is 1. The number of nitrogens with zero attached hydrogens (tertiary/aromatic N) is 6. The average molecular weight is 539 g/mol. The van der Waals surface area contributed by atoms with Gasteiger partial charge >= 0.3 is 5.69 Å². The molecule has 4 aromatic rings. The lowest BCUT2D eigenvalue weighted by Gasteiger charge is -2.33. The Morgan fingerprint density at radius 3 is 2.50 bits per heavy atom. The molecule has 5 rings (SSSR count). The van der Waals surface area contributed by atoms with Crippen LogP contribution in [0.1, 0.15) is 32.7 Å². The molecule has 1 aliphatic heterocycles. The molecule has 0 radical (unpaired) electrons. The number of likely N-dealkylation sites (tertiary alicyclic amines) is 1. The van der Waals surface area contributed by atoms with E-state index in [1.807, 2.05) is 36.4 Å². The van der Waals surface area contributed by atoms with Crippen molar-refractivity contribution in [3.63, 3.8) is 0 Å². The maximum Gasteiger partial charge on any atom is 0.335 e. The van der Waals surface area contributed by atoms with Gasteiger partial charge in [-0.05, 0) is 69.2 Å². The molecule has 0 unspecified atom stereocenters. The number of hydrogen-bond donors (Lipinski definition) is 2. The summed E-state index contributed by atoms with van der Waals surface area (Å²) in [6.07, 6.45) is 4.08. The van der Waals surface area contributed by atoms with Crippen LogP contribution in [-0.4, -0.2) is 48.5 Å². The highest BCUT2D eigenvalue weighted by atomic mass is 16.5. The van der Waals surface area contributed by atoms with Crippen LogP contribution in [0.2, 0.25) is 0 Å². The quantitative estimate of drug-likeness (QED) is 0.279. The molecule has 0 spiro atoms. The Morgan fingerprint density at radius 2 is 1.82 bits per heavy atom. The molecule has 204 valence electrons. The van der Waals surface area contributed by atoms with Gasteiger partial charge in [0, 0.05) is 18.6 Å². The first-order chi connectivity index (χ1) is 19.2. The van der Waals surface area contributed by atoms with Crippen LogP contribution in [0.3, 0.4) is 0 Å². The number of nitriles is 1. The fraction of sp³-hybridized carbons (Fsp3) is 0.276. The third-order valence-electron chi connectivity index (χ3n) is 6.67. The van der Waals surface area contributed by atoms with Crippen molar-refractivity contribution in [3.05, 3.63) is 83.1 Å². The smallest absolute Gasteiger partial charge is 0.335 e. The lowest BCUT2D eigenvalue weighted by Crippen LogP contribution is -2.44. The van der Waals surface area contributed by atoms with E-state index in [2.05, 4.69) is 9.97 Å². The summed E-state index contributed by atoms with van der Waals surface area (Å²) in [5.74, 6) is 1.06. The Hall–Kier alpha value is -4.95. The Bertz CT molecular complexity index is 1680. The number of nitrogens with two attached hydrogens (primary N) is 2. The minimum Gasteiger partial charge on any atom is -0.457 e. The molecular formula is C29H30N8O3. The Balaban J connectivity index is 1.51. The second-order valence-corrected chi connectivity index (χ2v) is 10.4. The number of imidazole rings is 1. The zero-order valence-corrected chi connectivity index (χ0v) is 22.3. The zero-order valence-electron chi connectivity index (χ0n) is 22.3. The molecule has 11 nitrogen and oxygen atoms in total. The summed E-state index contributed by atoms with van der Waals surface area (Å²) in [4.78, 5) is 37.3. The van der Waals surface area contributed by atoms with Crippen molar-refractivity contribution in [1.29, 1.82) is 5.26 Å². The number of hydrogen-bond acceptors (Lipinski definition) is 8. The maximum absolute atomic E-state index is 14.0. The highest BCUT2D eigenvalue weighted by molar-refractivity contribution is 5.97. The van der Waals surface area contributed by atoms with Gasteiger partial charge in [-0.15, -0.1) is 0 Å². The summed E-state index contributed by atoms with van der Waals surface area (Å²) in [5, 5.41) is 9.60. The van der Waals surface area contributed by atoms with Gasteiger partial charge in [0.05, 0.1) is 11.7 Å². The van der Waals surface area contributed by atoms with E-state index < -0.39 is 11.4 Å². The monoisotopic (exact) mass is 538 g/mol. The summed E-state index contributed by atoms with van der Waals surface area (Å²) in [6, 6.07) is 18.1. The van der Waals surface area contributed by atoms with Crippen molar-refractivity contribution in [3.8, 4) is 23.3 Å². The zero-order chi connectivity index (χ0) is 28.4. The molecule has 3 heterocycles. The third kappa shape index (κ3) is 5.30. The molecule has 0 aliphatic carbocycles. The van der Waals surface area contributed by atoms with Gasteiger partial charge in [0.15, 0.2) is 11.5 Å². The number of rotatable bonds is 6. The summed E-state index contributed by atoms with van der Waals surface area (Å²) < 4.78 is 8.94. The predicted molar refractivity (Wildman–Crippen MR) is 151 cm³/mol. The van der Waals surface area contributed by atoms with E-state index >= 15 is 0 Å². The van der Waals surface area contributed by atoms with Crippen molar-refractivity contribution >= 4 is 22.9 Å². The fourth-order valence-electron chi connectivity index (χ4n) is 4.96.